The van der Waals surface area contributed by atoms with Gasteiger partial charge in [0.1, 0.15) is 18.1 Å². The summed E-state index contributed by atoms with van der Waals surface area (Å²) in [6.07, 6.45) is 0. The minimum atomic E-state index is 0.421. The van der Waals surface area contributed by atoms with Crippen LogP contribution in [0.2, 0.25) is 10.0 Å². The molecule has 0 bridgehead atoms. The van der Waals surface area contributed by atoms with Crippen molar-refractivity contribution in [2.75, 3.05) is 11.9 Å². The molecule has 5 heteroatoms. The Bertz CT molecular complexity index is 882. The molecule has 0 aliphatic rings. The lowest BCUT2D eigenvalue weighted by Gasteiger charge is -2.11. The van der Waals surface area contributed by atoms with Crippen LogP contribution in [0.5, 0.6) is 11.5 Å². The highest BCUT2D eigenvalue weighted by Gasteiger charge is 2.05. The van der Waals surface area contributed by atoms with Crippen molar-refractivity contribution in [2.45, 2.75) is 20.1 Å². The summed E-state index contributed by atoms with van der Waals surface area (Å²) in [5.74, 6) is 1.52. The van der Waals surface area contributed by atoms with Gasteiger partial charge in [-0.05, 0) is 66.6 Å². The number of halogens is 2. The Morgan fingerprint density at radius 3 is 2.37 bits per heavy atom. The summed E-state index contributed by atoms with van der Waals surface area (Å²) in [5, 5.41) is 4.65. The SMILES string of the molecule is CCOc1ccc(NCc2ccc(OCc3cccc(Cl)c3)c(Cl)c2)cc1. The fraction of sp³-hybridized carbons (Fsp3) is 0.182. The van der Waals surface area contributed by atoms with E-state index in [1.165, 1.54) is 0 Å². The van der Waals surface area contributed by atoms with Crippen LogP contribution in [0.15, 0.2) is 66.7 Å². The van der Waals surface area contributed by atoms with Gasteiger partial charge in [-0.15, -0.1) is 0 Å². The quantitative estimate of drug-likeness (QED) is 0.462. The first kappa shape index (κ1) is 19.4. The molecule has 0 heterocycles. The second-order valence-corrected chi connectivity index (χ2v) is 6.84. The molecule has 3 rings (SSSR count). The lowest BCUT2D eigenvalue weighted by molar-refractivity contribution is 0.306. The van der Waals surface area contributed by atoms with E-state index in [9.17, 15) is 0 Å². The Morgan fingerprint density at radius 1 is 0.852 bits per heavy atom. The van der Waals surface area contributed by atoms with Gasteiger partial charge in [0.2, 0.25) is 0 Å². The normalized spacial score (nSPS) is 10.5. The number of benzene rings is 3. The number of rotatable bonds is 8. The molecule has 0 fully saturated rings. The van der Waals surface area contributed by atoms with E-state index in [2.05, 4.69) is 5.32 Å². The summed E-state index contributed by atoms with van der Waals surface area (Å²) in [7, 11) is 0. The van der Waals surface area contributed by atoms with Crippen molar-refractivity contribution in [3.8, 4) is 11.5 Å². The summed E-state index contributed by atoms with van der Waals surface area (Å²) in [4.78, 5) is 0. The highest BCUT2D eigenvalue weighted by atomic mass is 35.5. The fourth-order valence-electron chi connectivity index (χ4n) is 2.60. The topological polar surface area (TPSA) is 30.5 Å². The lowest BCUT2D eigenvalue weighted by Crippen LogP contribution is -2.01. The van der Waals surface area contributed by atoms with Crippen LogP contribution in [-0.2, 0) is 13.2 Å². The summed E-state index contributed by atoms with van der Waals surface area (Å²) < 4.78 is 11.3. The standard InChI is InChI=1S/C22H21Cl2NO2/c1-2-26-20-9-7-19(8-10-20)25-14-16-6-11-22(21(24)13-16)27-15-17-4-3-5-18(23)12-17/h3-13,25H,2,14-15H2,1H3. The third kappa shape index (κ3) is 5.81. The Kier molecular flexibility index (Phi) is 6.86. The molecule has 0 aromatic heterocycles. The molecular weight excluding hydrogens is 381 g/mol. The van der Waals surface area contributed by atoms with Crippen molar-refractivity contribution in [1.29, 1.82) is 0 Å². The maximum atomic E-state index is 6.37. The van der Waals surface area contributed by atoms with Crippen LogP contribution in [0.4, 0.5) is 5.69 Å². The number of nitrogens with one attached hydrogen (secondary N) is 1. The third-order valence-electron chi connectivity index (χ3n) is 3.94. The second-order valence-electron chi connectivity index (χ2n) is 5.99. The highest BCUT2D eigenvalue weighted by Crippen LogP contribution is 2.27. The van der Waals surface area contributed by atoms with Crippen LogP contribution in [0.1, 0.15) is 18.1 Å². The molecule has 27 heavy (non-hydrogen) atoms. The fourth-order valence-corrected chi connectivity index (χ4v) is 3.07. The van der Waals surface area contributed by atoms with E-state index in [-0.39, 0.29) is 0 Å². The average molecular weight is 402 g/mol. The summed E-state index contributed by atoms with van der Waals surface area (Å²) in [5.41, 5.74) is 3.10. The van der Waals surface area contributed by atoms with E-state index in [0.29, 0.717) is 35.6 Å². The second kappa shape index (κ2) is 9.54. The Hall–Kier alpha value is -2.36. The molecule has 140 valence electrons. The van der Waals surface area contributed by atoms with E-state index in [1.807, 2.05) is 73.7 Å². The van der Waals surface area contributed by atoms with Crippen LogP contribution in [-0.4, -0.2) is 6.61 Å². The Morgan fingerprint density at radius 2 is 1.67 bits per heavy atom. The van der Waals surface area contributed by atoms with Crippen molar-refractivity contribution < 1.29 is 9.47 Å². The largest absolute Gasteiger partial charge is 0.494 e. The maximum absolute atomic E-state index is 6.37. The molecule has 0 amide bonds. The minimum absolute atomic E-state index is 0.421. The van der Waals surface area contributed by atoms with Gasteiger partial charge in [-0.25, -0.2) is 0 Å². The molecule has 0 spiro atoms. The zero-order chi connectivity index (χ0) is 19.1. The molecule has 3 nitrogen and oxygen atoms in total. The molecule has 0 saturated heterocycles. The van der Waals surface area contributed by atoms with Crippen LogP contribution in [0, 0.1) is 0 Å². The predicted molar refractivity (Wildman–Crippen MR) is 112 cm³/mol. The molecule has 0 aliphatic carbocycles. The number of hydrogen-bond donors (Lipinski definition) is 1. The van der Waals surface area contributed by atoms with E-state index >= 15 is 0 Å². The molecule has 1 N–H and O–H groups in total. The van der Waals surface area contributed by atoms with Crippen LogP contribution in [0.3, 0.4) is 0 Å². The van der Waals surface area contributed by atoms with Gasteiger partial charge >= 0.3 is 0 Å². The van der Waals surface area contributed by atoms with Gasteiger partial charge in [-0.2, -0.15) is 0 Å². The zero-order valence-electron chi connectivity index (χ0n) is 15.0. The minimum Gasteiger partial charge on any atom is -0.494 e. The van der Waals surface area contributed by atoms with Gasteiger partial charge in [0.25, 0.3) is 0 Å². The van der Waals surface area contributed by atoms with Crippen molar-refractivity contribution in [1.82, 2.24) is 0 Å². The van der Waals surface area contributed by atoms with Gasteiger partial charge < -0.3 is 14.8 Å². The van der Waals surface area contributed by atoms with E-state index in [0.717, 1.165) is 22.6 Å². The first-order valence-corrected chi connectivity index (χ1v) is 9.52. The van der Waals surface area contributed by atoms with E-state index < -0.39 is 0 Å². The Labute approximate surface area is 169 Å². The van der Waals surface area contributed by atoms with E-state index in [4.69, 9.17) is 32.7 Å². The number of anilines is 1. The molecule has 0 saturated carbocycles. The van der Waals surface area contributed by atoms with Crippen molar-refractivity contribution in [3.63, 3.8) is 0 Å². The van der Waals surface area contributed by atoms with Crippen LogP contribution < -0.4 is 14.8 Å². The zero-order valence-corrected chi connectivity index (χ0v) is 16.6. The summed E-state index contributed by atoms with van der Waals surface area (Å²) >= 11 is 12.4. The number of ether oxygens (including phenoxy) is 2. The number of hydrogen-bond acceptors (Lipinski definition) is 3. The van der Waals surface area contributed by atoms with Crippen molar-refractivity contribution in [3.05, 3.63) is 87.9 Å². The predicted octanol–water partition coefficient (Wildman–Crippen LogP) is 6.58. The molecule has 0 unspecified atom stereocenters. The summed E-state index contributed by atoms with van der Waals surface area (Å²) in [6, 6.07) is 21.3. The Balaban J connectivity index is 1.56. The van der Waals surface area contributed by atoms with Gasteiger partial charge in [0.05, 0.1) is 11.6 Å². The van der Waals surface area contributed by atoms with E-state index in [1.54, 1.807) is 0 Å². The van der Waals surface area contributed by atoms with Crippen LogP contribution in [0.25, 0.3) is 0 Å². The molecular formula is C22H21Cl2NO2. The molecule has 0 aliphatic heterocycles. The van der Waals surface area contributed by atoms with Crippen LogP contribution >= 0.6 is 23.2 Å². The monoisotopic (exact) mass is 401 g/mol. The van der Waals surface area contributed by atoms with Gasteiger partial charge in [-0.3, -0.25) is 0 Å². The van der Waals surface area contributed by atoms with Gasteiger partial charge in [0.15, 0.2) is 0 Å². The van der Waals surface area contributed by atoms with Gasteiger partial charge in [0, 0.05) is 17.3 Å². The molecule has 3 aromatic rings. The van der Waals surface area contributed by atoms with Crippen molar-refractivity contribution >= 4 is 28.9 Å². The lowest BCUT2D eigenvalue weighted by atomic mass is 10.2. The first-order chi connectivity index (χ1) is 13.1. The first-order valence-electron chi connectivity index (χ1n) is 8.76. The smallest absolute Gasteiger partial charge is 0.138 e. The van der Waals surface area contributed by atoms with Gasteiger partial charge in [-0.1, -0.05) is 41.4 Å². The van der Waals surface area contributed by atoms with Crippen molar-refractivity contribution in [2.24, 2.45) is 0 Å². The maximum Gasteiger partial charge on any atom is 0.138 e. The molecule has 0 atom stereocenters. The molecule has 3 aromatic carbocycles. The molecule has 0 radical (unpaired) electrons. The summed E-state index contributed by atoms with van der Waals surface area (Å²) in [6.45, 7) is 3.72. The average Bonchev–Trinajstić information content (AvgIpc) is 2.67. The third-order valence-corrected chi connectivity index (χ3v) is 4.47. The highest BCUT2D eigenvalue weighted by molar-refractivity contribution is 6.32.